The third kappa shape index (κ3) is 9.41. The summed E-state index contributed by atoms with van der Waals surface area (Å²) in [6.45, 7) is 8.25. The Morgan fingerprint density at radius 2 is 1.50 bits per heavy atom. The Labute approximate surface area is 161 Å². The van der Waals surface area contributed by atoms with Gasteiger partial charge in [-0.05, 0) is 19.8 Å². The van der Waals surface area contributed by atoms with E-state index in [9.17, 15) is 5.11 Å². The number of rotatable bonds is 14. The Morgan fingerprint density at radius 1 is 0.958 bits per heavy atom. The van der Waals surface area contributed by atoms with Crippen molar-refractivity contribution in [1.29, 1.82) is 0 Å². The van der Waals surface area contributed by atoms with Gasteiger partial charge in [0.25, 0.3) is 0 Å². The predicted molar refractivity (Wildman–Crippen MR) is 112 cm³/mol. The monoisotopic (exact) mass is 404 g/mol. The smallest absolute Gasteiger partial charge is 0.0993 e. The number of aliphatic hydroxyl groups is 1. The normalized spacial score (nSPS) is 16.7. The maximum Gasteiger partial charge on any atom is 0.0993 e. The second-order valence-corrected chi connectivity index (χ2v) is 7.14. The molecular weight excluding hydrogens is 364 g/mol. The first-order valence-corrected chi connectivity index (χ1v) is 10.2. The first-order valence-electron chi connectivity index (χ1n) is 10.2. The molecule has 4 heteroatoms. The molecule has 1 aliphatic heterocycles. The van der Waals surface area contributed by atoms with Gasteiger partial charge in [0.2, 0.25) is 0 Å². The Hall–Kier alpha value is -0.0900. The molecule has 0 aromatic carbocycles. The third-order valence-electron chi connectivity index (χ3n) is 5.10. The summed E-state index contributed by atoms with van der Waals surface area (Å²) in [6, 6.07) is 0.249. The summed E-state index contributed by atoms with van der Waals surface area (Å²) in [7, 11) is 0. The summed E-state index contributed by atoms with van der Waals surface area (Å²) in [6.07, 6.45) is 15.6. The van der Waals surface area contributed by atoms with Gasteiger partial charge in [-0.2, -0.15) is 0 Å². The number of halogens is 1. The second-order valence-electron chi connectivity index (χ2n) is 7.14. The van der Waals surface area contributed by atoms with Gasteiger partial charge in [-0.1, -0.05) is 71.6 Å². The maximum absolute atomic E-state index is 9.94. The van der Waals surface area contributed by atoms with E-state index in [4.69, 9.17) is 0 Å². The minimum absolute atomic E-state index is 0. The zero-order valence-corrected chi connectivity index (χ0v) is 18.0. The van der Waals surface area contributed by atoms with Gasteiger partial charge in [-0.25, -0.2) is 0 Å². The van der Waals surface area contributed by atoms with Crippen LogP contribution in [0.25, 0.3) is 0 Å². The minimum Gasteiger partial charge on any atom is -0.391 e. The van der Waals surface area contributed by atoms with Crippen LogP contribution in [-0.2, 0) is 0 Å². The average Bonchev–Trinajstić information content (AvgIpc) is 2.98. The molecule has 1 N–H and O–H groups in total. The fraction of sp³-hybridized carbons (Fsp3) is 0.950. The molecule has 1 heterocycles. The number of hydrogen-bond donors (Lipinski definition) is 1. The maximum atomic E-state index is 9.94. The molecule has 24 heavy (non-hydrogen) atoms. The van der Waals surface area contributed by atoms with Gasteiger partial charge in [0, 0.05) is 13.0 Å². The van der Waals surface area contributed by atoms with E-state index in [-0.39, 0.29) is 29.1 Å². The van der Waals surface area contributed by atoms with Crippen LogP contribution in [-0.4, -0.2) is 41.1 Å². The fourth-order valence-electron chi connectivity index (χ4n) is 3.68. The number of aliphatic hydroxyl groups excluding tert-OH is 1. The van der Waals surface area contributed by atoms with Gasteiger partial charge in [-0.3, -0.25) is 4.99 Å². The fourth-order valence-corrected chi connectivity index (χ4v) is 3.68. The molecule has 0 aromatic rings. The van der Waals surface area contributed by atoms with E-state index in [1.54, 1.807) is 0 Å². The van der Waals surface area contributed by atoms with Gasteiger partial charge in [0.15, 0.2) is 0 Å². The third-order valence-corrected chi connectivity index (χ3v) is 5.10. The topological polar surface area (TPSA) is 35.8 Å². The van der Waals surface area contributed by atoms with Crippen molar-refractivity contribution in [3.63, 3.8) is 0 Å². The molecule has 0 radical (unpaired) electrons. The summed E-state index contributed by atoms with van der Waals surface area (Å²) in [5, 5.41) is 9.94. The summed E-state index contributed by atoms with van der Waals surface area (Å²) >= 11 is 0. The van der Waals surface area contributed by atoms with Crippen molar-refractivity contribution in [3.8, 4) is 0 Å². The molecule has 3 nitrogen and oxygen atoms in total. The lowest BCUT2D eigenvalue weighted by atomic mass is 10.0. The van der Waals surface area contributed by atoms with Crippen molar-refractivity contribution in [1.82, 2.24) is 4.90 Å². The SMILES string of the molecule is Br.CCCCCCCCCCCCC1=NCCN1C(CC)C(C)O. The standard InChI is InChI=1S/C20H40N2O.BrH/c1-4-6-7-8-9-10-11-12-13-14-15-20-21-16-17-22(20)19(5-2)18(3)23;/h18-19,23H,4-17H2,1-3H3;1H. The first-order chi connectivity index (χ1) is 11.2. The van der Waals surface area contributed by atoms with E-state index < -0.39 is 0 Å². The molecule has 1 aliphatic rings. The van der Waals surface area contributed by atoms with Crippen molar-refractivity contribution >= 4 is 22.8 Å². The minimum atomic E-state index is -0.268. The van der Waals surface area contributed by atoms with Crippen molar-refractivity contribution in [2.24, 2.45) is 4.99 Å². The van der Waals surface area contributed by atoms with Gasteiger partial charge >= 0.3 is 0 Å². The zero-order chi connectivity index (χ0) is 16.9. The Kier molecular flexibility index (Phi) is 15.1. The number of hydrogen-bond acceptors (Lipinski definition) is 3. The lowest BCUT2D eigenvalue weighted by Gasteiger charge is -2.32. The summed E-state index contributed by atoms with van der Waals surface area (Å²) in [5.74, 6) is 1.25. The summed E-state index contributed by atoms with van der Waals surface area (Å²) < 4.78 is 0. The van der Waals surface area contributed by atoms with Crippen LogP contribution in [0.5, 0.6) is 0 Å². The van der Waals surface area contributed by atoms with Crippen LogP contribution in [0.2, 0.25) is 0 Å². The van der Waals surface area contributed by atoms with E-state index in [0.717, 1.165) is 25.9 Å². The van der Waals surface area contributed by atoms with Crippen LogP contribution >= 0.6 is 17.0 Å². The summed E-state index contributed by atoms with van der Waals surface area (Å²) in [4.78, 5) is 7.04. The van der Waals surface area contributed by atoms with Gasteiger partial charge in [0.1, 0.15) is 0 Å². The van der Waals surface area contributed by atoms with E-state index >= 15 is 0 Å². The average molecular weight is 405 g/mol. The molecule has 2 atom stereocenters. The molecule has 0 amide bonds. The van der Waals surface area contributed by atoms with Crippen LogP contribution in [0, 0.1) is 0 Å². The van der Waals surface area contributed by atoms with Crippen molar-refractivity contribution in [2.45, 2.75) is 110 Å². The van der Waals surface area contributed by atoms with E-state index in [2.05, 4.69) is 23.7 Å². The van der Waals surface area contributed by atoms with Crippen molar-refractivity contribution < 1.29 is 5.11 Å². The number of aliphatic imine (C=N–C) groups is 1. The number of unbranched alkanes of at least 4 members (excludes halogenated alkanes) is 9. The molecule has 144 valence electrons. The quantitative estimate of drug-likeness (QED) is 0.374. The lowest BCUT2D eigenvalue weighted by molar-refractivity contribution is 0.100. The van der Waals surface area contributed by atoms with Gasteiger partial charge in [-0.15, -0.1) is 17.0 Å². The molecule has 1 rings (SSSR count). The van der Waals surface area contributed by atoms with E-state index in [1.807, 2.05) is 6.92 Å². The molecule has 2 unspecified atom stereocenters. The van der Waals surface area contributed by atoms with Crippen LogP contribution < -0.4 is 0 Å². The van der Waals surface area contributed by atoms with Gasteiger partial charge in [0.05, 0.1) is 24.5 Å². The van der Waals surface area contributed by atoms with E-state index in [0.29, 0.717) is 0 Å². The van der Waals surface area contributed by atoms with Crippen LogP contribution in [0.1, 0.15) is 97.8 Å². The molecule has 0 saturated heterocycles. The molecule has 0 fully saturated rings. The lowest BCUT2D eigenvalue weighted by Crippen LogP contribution is -2.44. The summed E-state index contributed by atoms with van der Waals surface area (Å²) in [5.41, 5.74) is 0. The number of nitrogens with zero attached hydrogens (tertiary/aromatic N) is 2. The molecule has 0 bridgehead atoms. The molecule has 0 spiro atoms. The van der Waals surface area contributed by atoms with Crippen molar-refractivity contribution in [3.05, 3.63) is 0 Å². The number of amidine groups is 1. The van der Waals surface area contributed by atoms with Crippen LogP contribution in [0.15, 0.2) is 4.99 Å². The highest BCUT2D eigenvalue weighted by atomic mass is 79.9. The Morgan fingerprint density at radius 3 is 2.00 bits per heavy atom. The first kappa shape index (κ1) is 23.9. The predicted octanol–water partition coefficient (Wildman–Crippen LogP) is 5.75. The van der Waals surface area contributed by atoms with Crippen LogP contribution in [0.3, 0.4) is 0 Å². The Bertz CT molecular complexity index is 321. The Balaban J connectivity index is 0.00000529. The second kappa shape index (κ2) is 15.2. The van der Waals surface area contributed by atoms with E-state index in [1.165, 1.54) is 70.0 Å². The van der Waals surface area contributed by atoms with Crippen molar-refractivity contribution in [2.75, 3.05) is 13.1 Å². The molecular formula is C20H41BrN2O. The molecule has 0 aliphatic carbocycles. The highest BCUT2D eigenvalue weighted by Gasteiger charge is 2.26. The molecule has 0 aromatic heterocycles. The molecule has 0 saturated carbocycles. The highest BCUT2D eigenvalue weighted by Crippen LogP contribution is 2.18. The van der Waals surface area contributed by atoms with Gasteiger partial charge < -0.3 is 10.0 Å². The highest BCUT2D eigenvalue weighted by molar-refractivity contribution is 8.93. The largest absolute Gasteiger partial charge is 0.391 e. The van der Waals surface area contributed by atoms with Crippen LogP contribution in [0.4, 0.5) is 0 Å². The zero-order valence-electron chi connectivity index (χ0n) is 16.3.